The van der Waals surface area contributed by atoms with Gasteiger partial charge < -0.3 is 29.3 Å². The predicted molar refractivity (Wildman–Crippen MR) is 149 cm³/mol. The summed E-state index contributed by atoms with van der Waals surface area (Å²) in [5.74, 6) is -1.23. The van der Waals surface area contributed by atoms with Crippen molar-refractivity contribution in [2.24, 2.45) is 0 Å². The zero-order chi connectivity index (χ0) is 30.2. The topological polar surface area (TPSA) is 103 Å². The molecule has 2 saturated heterocycles. The molecule has 2 aliphatic heterocycles. The average Bonchev–Trinajstić information content (AvgIpc) is 2.95. The Balaban J connectivity index is 1.54. The van der Waals surface area contributed by atoms with Crippen LogP contribution in [0.1, 0.15) is 22.8 Å². The number of carbonyl (C=O) groups excluding carboxylic acids is 1. The molecule has 0 bridgehead atoms. The monoisotopic (exact) mass is 590 g/mol. The summed E-state index contributed by atoms with van der Waals surface area (Å²) in [7, 11) is 4.17. The van der Waals surface area contributed by atoms with Gasteiger partial charge in [-0.05, 0) is 19.1 Å². The lowest BCUT2D eigenvalue weighted by molar-refractivity contribution is -0.913. The number of rotatable bonds is 5. The minimum atomic E-state index is -4.94. The van der Waals surface area contributed by atoms with Gasteiger partial charge in [0.25, 0.3) is 5.91 Å². The number of hydrogen-bond acceptors (Lipinski definition) is 7. The number of halogens is 4. The van der Waals surface area contributed by atoms with Crippen LogP contribution in [0.3, 0.4) is 0 Å². The summed E-state index contributed by atoms with van der Waals surface area (Å²) in [6, 6.07) is 3.15. The lowest BCUT2D eigenvalue weighted by Gasteiger charge is -2.45. The van der Waals surface area contributed by atoms with Crippen LogP contribution in [-0.2, 0) is 10.9 Å². The number of benzene rings is 1. The van der Waals surface area contributed by atoms with Gasteiger partial charge in [0, 0.05) is 48.9 Å². The molecule has 5 rings (SSSR count). The van der Waals surface area contributed by atoms with Crippen LogP contribution in [0.5, 0.6) is 0 Å². The van der Waals surface area contributed by atoms with Crippen LogP contribution in [-0.4, -0.2) is 91.4 Å². The van der Waals surface area contributed by atoms with E-state index in [-0.39, 0.29) is 17.3 Å². The van der Waals surface area contributed by atoms with Gasteiger partial charge in [0.1, 0.15) is 11.9 Å². The Bertz CT molecular complexity index is 1520. The van der Waals surface area contributed by atoms with E-state index in [1.54, 1.807) is 0 Å². The number of nitrogens with zero attached hydrogens (tertiary/aromatic N) is 5. The zero-order valence-corrected chi connectivity index (χ0v) is 23.5. The largest absolute Gasteiger partial charge is 0.417 e. The van der Waals surface area contributed by atoms with E-state index in [9.17, 15) is 22.8 Å². The number of carbonyl (C=O) groups is 1. The van der Waals surface area contributed by atoms with Gasteiger partial charge in [-0.2, -0.15) is 13.2 Å². The number of ether oxygens (including phenoxy) is 1. The fraction of sp³-hybridized carbons (Fsp3) is 0.429. The number of quaternary nitrogens is 1. The fourth-order valence-corrected chi connectivity index (χ4v) is 5.07. The molecule has 1 amide bonds. The van der Waals surface area contributed by atoms with Crippen molar-refractivity contribution in [2.45, 2.75) is 19.1 Å². The molecule has 4 heterocycles. The van der Waals surface area contributed by atoms with Crippen LogP contribution in [0.25, 0.3) is 11.1 Å². The van der Waals surface area contributed by atoms with Crippen LogP contribution in [0, 0.1) is 5.82 Å². The Morgan fingerprint density at radius 2 is 1.79 bits per heavy atom. The van der Waals surface area contributed by atoms with E-state index in [0.29, 0.717) is 62.7 Å². The summed E-state index contributed by atoms with van der Waals surface area (Å²) in [5, 5.41) is 2.55. The van der Waals surface area contributed by atoms with Gasteiger partial charge in [-0.15, -0.1) is 0 Å². The number of alkyl halides is 3. The van der Waals surface area contributed by atoms with Crippen molar-refractivity contribution >= 4 is 23.2 Å². The minimum absolute atomic E-state index is 0.0706. The highest BCUT2D eigenvalue weighted by Crippen LogP contribution is 2.37. The number of nitrogens with one attached hydrogen (secondary N) is 2. The summed E-state index contributed by atoms with van der Waals surface area (Å²) >= 11 is 0. The van der Waals surface area contributed by atoms with Crippen molar-refractivity contribution in [3.05, 3.63) is 64.1 Å². The van der Waals surface area contributed by atoms with Crippen molar-refractivity contribution in [1.82, 2.24) is 15.0 Å². The molecule has 224 valence electrons. The third-order valence-electron chi connectivity index (χ3n) is 8.02. The summed E-state index contributed by atoms with van der Waals surface area (Å²) < 4.78 is 62.9. The van der Waals surface area contributed by atoms with Crippen LogP contribution in [0.4, 0.5) is 34.9 Å². The number of piperazine rings is 1. The Morgan fingerprint density at radius 3 is 2.43 bits per heavy atom. The molecule has 3 aromatic rings. The highest BCUT2D eigenvalue weighted by atomic mass is 19.4. The first-order valence-electron chi connectivity index (χ1n) is 13.5. The van der Waals surface area contributed by atoms with Crippen molar-refractivity contribution in [1.29, 1.82) is 0 Å². The molecule has 42 heavy (non-hydrogen) atoms. The second-order valence-electron chi connectivity index (χ2n) is 11.1. The Hall–Kier alpha value is -4.04. The summed E-state index contributed by atoms with van der Waals surface area (Å²) in [4.78, 5) is 39.6. The van der Waals surface area contributed by atoms with Gasteiger partial charge in [-0.1, -0.05) is 0 Å². The van der Waals surface area contributed by atoms with Crippen LogP contribution >= 0.6 is 0 Å². The standard InChI is InChI=1S/C28H31F4N7O3/c1-17-16-38(4-7-39(17,2)3)24-12-22(29)19(18-13-34-27(35-14-18)37-5-8-42-9-6-37)10-23(24)36-26(41)20-15-33-25(40)11-21(20)28(30,31)32/h10-15,17H,4-9,16H2,1-3H3,(H-,33,36,40,41)/p+1/t17-/m0/s1. The Labute approximate surface area is 239 Å². The molecular weight excluding hydrogens is 558 g/mol. The van der Waals surface area contributed by atoms with E-state index in [4.69, 9.17) is 4.74 Å². The molecule has 1 atom stereocenters. The maximum absolute atomic E-state index is 15.7. The molecule has 14 heteroatoms. The molecule has 2 N–H and O–H groups in total. The third kappa shape index (κ3) is 6.09. The minimum Gasteiger partial charge on any atom is -0.378 e. The van der Waals surface area contributed by atoms with Gasteiger partial charge in [-0.3, -0.25) is 9.59 Å². The molecule has 10 nitrogen and oxygen atoms in total. The first-order chi connectivity index (χ1) is 19.8. The molecular formula is C28H32F4N7O3+. The second-order valence-corrected chi connectivity index (χ2v) is 11.1. The van der Waals surface area contributed by atoms with Crippen LogP contribution in [0.2, 0.25) is 0 Å². The van der Waals surface area contributed by atoms with E-state index in [1.165, 1.54) is 24.5 Å². The average molecular weight is 591 g/mol. The smallest absolute Gasteiger partial charge is 0.378 e. The maximum Gasteiger partial charge on any atom is 0.417 e. The van der Waals surface area contributed by atoms with Gasteiger partial charge >= 0.3 is 6.18 Å². The molecule has 1 aromatic carbocycles. The molecule has 2 aromatic heterocycles. The molecule has 0 saturated carbocycles. The number of hydrogen-bond donors (Lipinski definition) is 2. The third-order valence-corrected chi connectivity index (χ3v) is 8.02. The normalized spacial score (nSPS) is 19.1. The first kappa shape index (κ1) is 29.5. The van der Waals surface area contributed by atoms with Crippen molar-refractivity contribution < 1.29 is 31.6 Å². The quantitative estimate of drug-likeness (QED) is 0.347. The number of amides is 1. The van der Waals surface area contributed by atoms with E-state index < -0.39 is 34.6 Å². The molecule has 0 aliphatic carbocycles. The number of likely N-dealkylation sites (N-methyl/N-ethyl adjacent to an activating group) is 1. The van der Waals surface area contributed by atoms with Gasteiger partial charge in [0.15, 0.2) is 0 Å². The molecule has 0 spiro atoms. The Kier molecular flexibility index (Phi) is 7.94. The van der Waals surface area contributed by atoms with Crippen molar-refractivity contribution in [3.63, 3.8) is 0 Å². The zero-order valence-electron chi connectivity index (χ0n) is 23.5. The van der Waals surface area contributed by atoms with E-state index in [1.807, 2.05) is 9.80 Å². The van der Waals surface area contributed by atoms with E-state index in [2.05, 4.69) is 41.3 Å². The molecule has 0 unspecified atom stereocenters. The second kappa shape index (κ2) is 11.3. The number of aromatic amines is 1. The van der Waals surface area contributed by atoms with Gasteiger partial charge in [0.2, 0.25) is 11.5 Å². The van der Waals surface area contributed by atoms with E-state index in [0.717, 1.165) is 17.2 Å². The number of pyridine rings is 1. The predicted octanol–water partition coefficient (Wildman–Crippen LogP) is 3.36. The SMILES string of the molecule is C[C@H]1CN(c2cc(F)c(-c3cnc(N4CCOCC4)nc3)cc2NC(=O)c2c[nH]c(=O)cc2C(F)(F)F)CC[N+]1(C)C. The first-order valence-corrected chi connectivity index (χ1v) is 13.5. The highest BCUT2D eigenvalue weighted by Gasteiger charge is 2.37. The fourth-order valence-electron chi connectivity index (χ4n) is 5.07. The summed E-state index contributed by atoms with van der Waals surface area (Å²) in [5.41, 5.74) is -2.27. The van der Waals surface area contributed by atoms with Crippen molar-refractivity contribution in [2.75, 3.05) is 75.1 Å². The lowest BCUT2D eigenvalue weighted by Crippen LogP contribution is -2.60. The van der Waals surface area contributed by atoms with Gasteiger partial charge in [-0.25, -0.2) is 14.4 Å². The number of anilines is 3. The number of aromatic nitrogens is 3. The van der Waals surface area contributed by atoms with E-state index >= 15 is 4.39 Å². The lowest BCUT2D eigenvalue weighted by atomic mass is 10.0. The number of H-pyrrole nitrogens is 1. The maximum atomic E-state index is 15.7. The Morgan fingerprint density at radius 1 is 1.10 bits per heavy atom. The molecule has 0 radical (unpaired) electrons. The van der Waals surface area contributed by atoms with Gasteiger partial charge in [0.05, 0.1) is 69.4 Å². The van der Waals surface area contributed by atoms with Crippen LogP contribution in [0.15, 0.2) is 41.6 Å². The summed E-state index contributed by atoms with van der Waals surface area (Å²) in [6.45, 7) is 6.16. The van der Waals surface area contributed by atoms with Crippen molar-refractivity contribution in [3.8, 4) is 11.1 Å². The highest BCUT2D eigenvalue weighted by molar-refractivity contribution is 6.07. The van der Waals surface area contributed by atoms with Crippen LogP contribution < -0.4 is 20.7 Å². The number of morpholine rings is 1. The molecule has 2 fully saturated rings. The summed E-state index contributed by atoms with van der Waals surface area (Å²) in [6.07, 6.45) is -1.28. The molecule has 2 aliphatic rings.